The summed E-state index contributed by atoms with van der Waals surface area (Å²) in [5.41, 5.74) is 3.02. The number of ether oxygens (including phenoxy) is 2. The molecule has 24 heavy (non-hydrogen) atoms. The third-order valence-electron chi connectivity index (χ3n) is 7.54. The van der Waals surface area contributed by atoms with Crippen molar-refractivity contribution in [2.75, 3.05) is 14.2 Å². The lowest BCUT2D eigenvalue weighted by molar-refractivity contribution is -0.0397. The topological polar surface area (TPSA) is 38.7 Å². The van der Waals surface area contributed by atoms with Crippen molar-refractivity contribution in [3.63, 3.8) is 0 Å². The minimum atomic E-state index is -0.0902. The van der Waals surface area contributed by atoms with Gasteiger partial charge in [-0.15, -0.1) is 0 Å². The van der Waals surface area contributed by atoms with Gasteiger partial charge in [-0.3, -0.25) is 0 Å². The molecule has 0 unspecified atom stereocenters. The molecule has 0 bridgehead atoms. The highest BCUT2D eigenvalue weighted by Gasteiger charge is 2.56. The van der Waals surface area contributed by atoms with Gasteiger partial charge in [-0.2, -0.15) is 0 Å². The second-order valence-corrected chi connectivity index (χ2v) is 8.04. The molecule has 2 fully saturated rings. The molecule has 3 aliphatic rings. The number of hydrogen-bond acceptors (Lipinski definition) is 3. The number of benzene rings is 1. The van der Waals surface area contributed by atoms with Gasteiger partial charge in [-0.25, -0.2) is 0 Å². The smallest absolute Gasteiger partial charge is 0.126 e. The largest absolute Gasteiger partial charge is 0.497 e. The quantitative estimate of drug-likeness (QED) is 0.897. The van der Waals surface area contributed by atoms with Crippen molar-refractivity contribution in [1.29, 1.82) is 0 Å². The summed E-state index contributed by atoms with van der Waals surface area (Å²) in [5.74, 6) is 3.87. The number of hydrogen-bond donors (Lipinski definition) is 1. The van der Waals surface area contributed by atoms with Crippen molar-refractivity contribution in [3.8, 4) is 11.5 Å². The SMILES string of the molecule is CC[C@]12CC[C@@H]3c4c(cc(OC)cc4OC)CC[C@@H]3[C@@H]1CC[C@@H]2O. The molecular formula is C21H30O3. The van der Waals surface area contributed by atoms with Crippen LogP contribution in [0, 0.1) is 17.3 Å². The Bertz CT molecular complexity index is 609. The molecule has 0 aliphatic heterocycles. The fraction of sp³-hybridized carbons (Fsp3) is 0.714. The van der Waals surface area contributed by atoms with E-state index in [1.807, 2.05) is 6.07 Å². The van der Waals surface area contributed by atoms with Crippen molar-refractivity contribution in [3.05, 3.63) is 23.3 Å². The summed E-state index contributed by atoms with van der Waals surface area (Å²) in [6.07, 6.45) is 7.91. The Kier molecular flexibility index (Phi) is 4.03. The van der Waals surface area contributed by atoms with Gasteiger partial charge in [0.25, 0.3) is 0 Å². The van der Waals surface area contributed by atoms with E-state index >= 15 is 0 Å². The minimum absolute atomic E-state index is 0.0902. The third kappa shape index (κ3) is 2.13. The van der Waals surface area contributed by atoms with E-state index in [1.54, 1.807) is 14.2 Å². The number of aryl methyl sites for hydroxylation is 1. The van der Waals surface area contributed by atoms with Gasteiger partial charge in [0.15, 0.2) is 0 Å². The molecular weight excluding hydrogens is 300 g/mol. The number of aliphatic hydroxyl groups is 1. The van der Waals surface area contributed by atoms with Crippen LogP contribution in [0.25, 0.3) is 0 Å². The lowest BCUT2D eigenvalue weighted by Gasteiger charge is -2.51. The molecule has 0 radical (unpaired) electrons. The molecule has 3 nitrogen and oxygen atoms in total. The number of aliphatic hydroxyl groups excluding tert-OH is 1. The first-order chi connectivity index (χ1) is 11.6. The summed E-state index contributed by atoms with van der Waals surface area (Å²) >= 11 is 0. The molecule has 5 atom stereocenters. The minimum Gasteiger partial charge on any atom is -0.497 e. The van der Waals surface area contributed by atoms with Crippen LogP contribution >= 0.6 is 0 Å². The van der Waals surface area contributed by atoms with Crippen LogP contribution in [0.1, 0.15) is 62.5 Å². The normalized spacial score (nSPS) is 37.3. The highest BCUT2D eigenvalue weighted by Crippen LogP contribution is 2.63. The zero-order chi connectivity index (χ0) is 16.9. The predicted octanol–water partition coefficient (Wildman–Crippen LogP) is 4.31. The van der Waals surface area contributed by atoms with Crippen LogP contribution in [0.3, 0.4) is 0 Å². The molecule has 0 spiro atoms. The second kappa shape index (κ2) is 5.94. The van der Waals surface area contributed by atoms with Gasteiger partial charge < -0.3 is 14.6 Å². The standard InChI is InChI=1S/C21H30O3/c1-4-21-10-9-16-15(17(21)7-8-19(21)22)6-5-13-11-14(23-2)12-18(24-3)20(13)16/h11-12,15-17,19,22H,4-10H2,1-3H3/t15-,16-,17-,19-,21-/m0/s1. The van der Waals surface area contributed by atoms with Gasteiger partial charge in [0.05, 0.1) is 20.3 Å². The Balaban J connectivity index is 1.74. The molecule has 132 valence electrons. The monoisotopic (exact) mass is 330 g/mol. The van der Waals surface area contributed by atoms with Gasteiger partial charge in [0, 0.05) is 11.6 Å². The van der Waals surface area contributed by atoms with Gasteiger partial charge in [-0.1, -0.05) is 6.92 Å². The summed E-state index contributed by atoms with van der Waals surface area (Å²) in [4.78, 5) is 0. The molecule has 2 saturated carbocycles. The molecule has 1 N–H and O–H groups in total. The van der Waals surface area contributed by atoms with E-state index in [4.69, 9.17) is 9.47 Å². The summed E-state index contributed by atoms with van der Waals surface area (Å²) in [5, 5.41) is 10.7. The Labute approximate surface area is 145 Å². The maximum absolute atomic E-state index is 10.7. The van der Waals surface area contributed by atoms with Gasteiger partial charge in [0.1, 0.15) is 11.5 Å². The maximum Gasteiger partial charge on any atom is 0.126 e. The molecule has 4 rings (SSSR count). The van der Waals surface area contributed by atoms with E-state index in [1.165, 1.54) is 30.4 Å². The van der Waals surface area contributed by atoms with Crippen LogP contribution in [0.4, 0.5) is 0 Å². The van der Waals surface area contributed by atoms with Crippen molar-refractivity contribution < 1.29 is 14.6 Å². The van der Waals surface area contributed by atoms with Crippen LogP contribution in [0.5, 0.6) is 11.5 Å². The van der Waals surface area contributed by atoms with Crippen molar-refractivity contribution in [1.82, 2.24) is 0 Å². The molecule has 0 aromatic heterocycles. The first-order valence-corrected chi connectivity index (χ1v) is 9.57. The molecule has 0 heterocycles. The fourth-order valence-electron chi connectivity index (χ4n) is 6.40. The van der Waals surface area contributed by atoms with Crippen LogP contribution < -0.4 is 9.47 Å². The molecule has 1 aromatic rings. The number of fused-ring (bicyclic) bond motifs is 5. The number of methoxy groups -OCH3 is 2. The summed E-state index contributed by atoms with van der Waals surface area (Å²) in [6, 6.07) is 4.26. The molecule has 3 aliphatic carbocycles. The van der Waals surface area contributed by atoms with E-state index in [2.05, 4.69) is 13.0 Å². The van der Waals surface area contributed by atoms with Gasteiger partial charge >= 0.3 is 0 Å². The van der Waals surface area contributed by atoms with Crippen LogP contribution in [0.2, 0.25) is 0 Å². The molecule has 1 aromatic carbocycles. The highest BCUT2D eigenvalue weighted by molar-refractivity contribution is 5.50. The highest BCUT2D eigenvalue weighted by atomic mass is 16.5. The van der Waals surface area contributed by atoms with Gasteiger partial charge in [0.2, 0.25) is 0 Å². The number of rotatable bonds is 3. The van der Waals surface area contributed by atoms with E-state index in [9.17, 15) is 5.11 Å². The van der Waals surface area contributed by atoms with E-state index < -0.39 is 0 Å². The lowest BCUT2D eigenvalue weighted by Crippen LogP contribution is -2.45. The molecule has 0 amide bonds. The second-order valence-electron chi connectivity index (χ2n) is 8.04. The summed E-state index contributed by atoms with van der Waals surface area (Å²) < 4.78 is 11.2. The van der Waals surface area contributed by atoms with E-state index in [0.717, 1.165) is 37.2 Å². The maximum atomic E-state index is 10.7. The zero-order valence-corrected chi connectivity index (χ0v) is 15.2. The zero-order valence-electron chi connectivity index (χ0n) is 15.2. The van der Waals surface area contributed by atoms with E-state index in [0.29, 0.717) is 17.8 Å². The Morgan fingerprint density at radius 3 is 2.67 bits per heavy atom. The average molecular weight is 330 g/mol. The van der Waals surface area contributed by atoms with Crippen molar-refractivity contribution >= 4 is 0 Å². The lowest BCUT2D eigenvalue weighted by atomic mass is 9.54. The Morgan fingerprint density at radius 1 is 1.12 bits per heavy atom. The van der Waals surface area contributed by atoms with Crippen LogP contribution in [0.15, 0.2) is 12.1 Å². The summed E-state index contributed by atoms with van der Waals surface area (Å²) in [6.45, 7) is 2.28. The Hall–Kier alpha value is -1.22. The van der Waals surface area contributed by atoms with Gasteiger partial charge in [-0.05, 0) is 79.7 Å². The predicted molar refractivity (Wildman–Crippen MR) is 94.8 cm³/mol. The first kappa shape index (κ1) is 16.3. The van der Waals surface area contributed by atoms with E-state index in [-0.39, 0.29) is 11.5 Å². The fourth-order valence-corrected chi connectivity index (χ4v) is 6.40. The molecule has 0 saturated heterocycles. The Morgan fingerprint density at radius 2 is 1.96 bits per heavy atom. The third-order valence-corrected chi connectivity index (χ3v) is 7.54. The first-order valence-electron chi connectivity index (χ1n) is 9.57. The summed E-state index contributed by atoms with van der Waals surface area (Å²) in [7, 11) is 3.50. The van der Waals surface area contributed by atoms with Crippen molar-refractivity contribution in [2.45, 2.75) is 63.9 Å². The molecule has 3 heteroatoms. The average Bonchev–Trinajstić information content (AvgIpc) is 2.97. The van der Waals surface area contributed by atoms with Crippen LogP contribution in [-0.2, 0) is 6.42 Å². The van der Waals surface area contributed by atoms with Crippen molar-refractivity contribution in [2.24, 2.45) is 17.3 Å². The van der Waals surface area contributed by atoms with Crippen LogP contribution in [-0.4, -0.2) is 25.4 Å².